The van der Waals surface area contributed by atoms with E-state index in [1.807, 2.05) is 6.92 Å². The van der Waals surface area contributed by atoms with E-state index in [-0.39, 0.29) is 17.1 Å². The number of alkyl halides is 1. The van der Waals surface area contributed by atoms with Crippen molar-refractivity contribution in [3.63, 3.8) is 0 Å². The Bertz CT molecular complexity index is 418. The summed E-state index contributed by atoms with van der Waals surface area (Å²) in [6, 6.07) is 5.18. The summed E-state index contributed by atoms with van der Waals surface area (Å²) in [4.78, 5) is 22.6. The van der Waals surface area contributed by atoms with Gasteiger partial charge in [0.15, 0.2) is 0 Å². The fourth-order valence-corrected chi connectivity index (χ4v) is 1.37. The van der Waals surface area contributed by atoms with Crippen LogP contribution in [0.2, 0.25) is 0 Å². The summed E-state index contributed by atoms with van der Waals surface area (Å²) in [6.07, 6.45) is 0. The van der Waals surface area contributed by atoms with Crippen LogP contribution in [0, 0.1) is 6.92 Å². The minimum atomic E-state index is -0.172. The molecule has 0 saturated heterocycles. The minimum Gasteiger partial charge on any atom is -0.355 e. The number of rotatable bonds is 3. The third-order valence-corrected chi connectivity index (χ3v) is 2.63. The molecule has 1 aromatic rings. The van der Waals surface area contributed by atoms with Crippen LogP contribution in [-0.2, 0) is 4.79 Å². The van der Waals surface area contributed by atoms with Crippen LogP contribution in [0.3, 0.4) is 0 Å². The van der Waals surface area contributed by atoms with Crippen LogP contribution in [0.25, 0.3) is 0 Å². The molecule has 0 atom stereocenters. The highest BCUT2D eigenvalue weighted by Crippen LogP contribution is 2.17. The average molecular weight is 285 g/mol. The summed E-state index contributed by atoms with van der Waals surface area (Å²) in [7, 11) is 1.57. The average Bonchev–Trinajstić information content (AvgIpc) is 2.30. The minimum absolute atomic E-state index is 0.142. The predicted octanol–water partition coefficient (Wildman–Crippen LogP) is 1.69. The smallest absolute Gasteiger partial charge is 0.251 e. The van der Waals surface area contributed by atoms with Gasteiger partial charge in [0.2, 0.25) is 5.91 Å². The molecule has 0 unspecified atom stereocenters. The van der Waals surface area contributed by atoms with Gasteiger partial charge in [-0.05, 0) is 24.6 Å². The summed E-state index contributed by atoms with van der Waals surface area (Å²) in [5, 5.41) is 5.48. The van der Waals surface area contributed by atoms with E-state index in [9.17, 15) is 9.59 Å². The molecule has 1 aromatic carbocycles. The van der Waals surface area contributed by atoms with Crippen LogP contribution in [0.5, 0.6) is 0 Å². The SMILES string of the molecule is CNC(=O)c1ccc(C)c(NC(=O)CBr)c1. The Balaban J connectivity index is 2.99. The van der Waals surface area contributed by atoms with Crippen molar-refractivity contribution in [3.8, 4) is 0 Å². The van der Waals surface area contributed by atoms with Crippen molar-refractivity contribution in [2.75, 3.05) is 17.7 Å². The Labute approximate surface area is 103 Å². The van der Waals surface area contributed by atoms with Crippen molar-refractivity contribution in [3.05, 3.63) is 29.3 Å². The third-order valence-electron chi connectivity index (χ3n) is 2.12. The van der Waals surface area contributed by atoms with E-state index in [4.69, 9.17) is 0 Å². The molecule has 1 rings (SSSR count). The number of nitrogens with one attached hydrogen (secondary N) is 2. The predicted molar refractivity (Wildman–Crippen MR) is 67.0 cm³/mol. The summed E-state index contributed by atoms with van der Waals surface area (Å²) in [5.41, 5.74) is 2.10. The normalized spacial score (nSPS) is 9.69. The molecule has 0 aliphatic carbocycles. The van der Waals surface area contributed by atoms with Crippen molar-refractivity contribution in [2.45, 2.75) is 6.92 Å². The molecular weight excluding hydrogens is 272 g/mol. The maximum Gasteiger partial charge on any atom is 0.251 e. The Morgan fingerprint density at radius 1 is 1.38 bits per heavy atom. The Morgan fingerprint density at radius 2 is 2.06 bits per heavy atom. The van der Waals surface area contributed by atoms with Crippen LogP contribution in [0.4, 0.5) is 5.69 Å². The fraction of sp³-hybridized carbons (Fsp3) is 0.273. The van der Waals surface area contributed by atoms with Crippen molar-refractivity contribution >= 4 is 33.4 Å². The highest BCUT2D eigenvalue weighted by atomic mass is 79.9. The zero-order chi connectivity index (χ0) is 12.1. The van der Waals surface area contributed by atoms with Gasteiger partial charge >= 0.3 is 0 Å². The van der Waals surface area contributed by atoms with Gasteiger partial charge in [-0.15, -0.1) is 0 Å². The van der Waals surface area contributed by atoms with Crippen LogP contribution < -0.4 is 10.6 Å². The number of anilines is 1. The second kappa shape index (κ2) is 5.65. The largest absolute Gasteiger partial charge is 0.355 e. The van der Waals surface area contributed by atoms with E-state index in [0.29, 0.717) is 11.3 Å². The molecule has 0 radical (unpaired) electrons. The van der Waals surface area contributed by atoms with Gasteiger partial charge in [-0.1, -0.05) is 22.0 Å². The van der Waals surface area contributed by atoms with E-state index in [1.165, 1.54) is 0 Å². The number of carbonyl (C=O) groups is 2. The van der Waals surface area contributed by atoms with Crippen LogP contribution in [-0.4, -0.2) is 24.2 Å². The lowest BCUT2D eigenvalue weighted by molar-refractivity contribution is -0.113. The lowest BCUT2D eigenvalue weighted by atomic mass is 10.1. The molecule has 2 N–H and O–H groups in total. The second-order valence-electron chi connectivity index (χ2n) is 3.29. The van der Waals surface area contributed by atoms with E-state index in [2.05, 4.69) is 26.6 Å². The van der Waals surface area contributed by atoms with E-state index in [1.54, 1.807) is 25.2 Å². The van der Waals surface area contributed by atoms with Crippen LogP contribution in [0.15, 0.2) is 18.2 Å². The molecule has 16 heavy (non-hydrogen) atoms. The lowest BCUT2D eigenvalue weighted by Crippen LogP contribution is -2.19. The number of amides is 2. The topological polar surface area (TPSA) is 58.2 Å². The van der Waals surface area contributed by atoms with Crippen molar-refractivity contribution in [2.24, 2.45) is 0 Å². The molecule has 4 nitrogen and oxygen atoms in total. The first kappa shape index (κ1) is 12.7. The zero-order valence-corrected chi connectivity index (χ0v) is 10.7. The quantitative estimate of drug-likeness (QED) is 0.830. The first-order valence-electron chi connectivity index (χ1n) is 4.77. The van der Waals surface area contributed by atoms with E-state index >= 15 is 0 Å². The molecule has 2 amide bonds. The third kappa shape index (κ3) is 3.06. The van der Waals surface area contributed by atoms with Gasteiger partial charge in [0.25, 0.3) is 5.91 Å². The van der Waals surface area contributed by atoms with Crippen LogP contribution >= 0.6 is 15.9 Å². The van der Waals surface area contributed by atoms with Gasteiger partial charge in [-0.25, -0.2) is 0 Å². The maximum atomic E-state index is 11.4. The van der Waals surface area contributed by atoms with Gasteiger partial charge < -0.3 is 10.6 Å². The molecule has 86 valence electrons. The number of aryl methyl sites for hydroxylation is 1. The van der Waals surface area contributed by atoms with Crippen LogP contribution in [0.1, 0.15) is 15.9 Å². The monoisotopic (exact) mass is 284 g/mol. The van der Waals surface area contributed by atoms with E-state index in [0.717, 1.165) is 5.56 Å². The first-order chi connectivity index (χ1) is 7.58. The summed E-state index contributed by atoms with van der Waals surface area (Å²) < 4.78 is 0. The number of hydrogen-bond donors (Lipinski definition) is 2. The molecule has 0 aromatic heterocycles. The van der Waals surface area contributed by atoms with Crippen molar-refractivity contribution < 1.29 is 9.59 Å². The van der Waals surface area contributed by atoms with Gasteiger partial charge in [0.1, 0.15) is 0 Å². The molecule has 0 aliphatic rings. The summed E-state index contributed by atoms with van der Waals surface area (Å²) >= 11 is 3.07. The lowest BCUT2D eigenvalue weighted by Gasteiger charge is -2.09. The molecule has 0 saturated carbocycles. The standard InChI is InChI=1S/C11H13BrN2O2/c1-7-3-4-8(11(16)13-2)5-9(7)14-10(15)6-12/h3-5H,6H2,1-2H3,(H,13,16)(H,14,15). The number of carbonyl (C=O) groups excluding carboxylic acids is 2. The molecular formula is C11H13BrN2O2. The summed E-state index contributed by atoms with van der Waals surface area (Å²) in [5.74, 6) is -0.313. The maximum absolute atomic E-state index is 11.4. The summed E-state index contributed by atoms with van der Waals surface area (Å²) in [6.45, 7) is 1.87. The molecule has 0 spiro atoms. The van der Waals surface area contributed by atoms with Gasteiger partial charge in [-0.2, -0.15) is 0 Å². The van der Waals surface area contributed by atoms with Crippen molar-refractivity contribution in [1.29, 1.82) is 0 Å². The molecule has 5 heteroatoms. The Kier molecular flexibility index (Phi) is 4.49. The second-order valence-corrected chi connectivity index (χ2v) is 3.85. The molecule has 0 heterocycles. The molecule has 0 fully saturated rings. The van der Waals surface area contributed by atoms with Gasteiger partial charge in [0, 0.05) is 18.3 Å². The highest BCUT2D eigenvalue weighted by molar-refractivity contribution is 9.09. The Morgan fingerprint density at radius 3 is 2.62 bits per heavy atom. The number of benzene rings is 1. The van der Waals surface area contributed by atoms with Gasteiger partial charge in [0.05, 0.1) is 5.33 Å². The van der Waals surface area contributed by atoms with Gasteiger partial charge in [-0.3, -0.25) is 9.59 Å². The highest BCUT2D eigenvalue weighted by Gasteiger charge is 2.08. The Hall–Kier alpha value is -1.36. The number of halogens is 1. The van der Waals surface area contributed by atoms with Crippen molar-refractivity contribution in [1.82, 2.24) is 5.32 Å². The molecule has 0 aliphatic heterocycles. The fourth-order valence-electron chi connectivity index (χ4n) is 1.23. The zero-order valence-electron chi connectivity index (χ0n) is 9.13. The molecule has 0 bridgehead atoms. The number of hydrogen-bond acceptors (Lipinski definition) is 2. The first-order valence-corrected chi connectivity index (χ1v) is 5.89. The van der Waals surface area contributed by atoms with E-state index < -0.39 is 0 Å².